The van der Waals surface area contributed by atoms with Gasteiger partial charge < -0.3 is 10.0 Å². The van der Waals surface area contributed by atoms with Crippen LogP contribution in [0.5, 0.6) is 0 Å². The van der Waals surface area contributed by atoms with Crippen molar-refractivity contribution in [2.45, 2.75) is 30.3 Å². The molecule has 0 spiro atoms. The molecule has 0 radical (unpaired) electrons. The molecule has 1 N–H and O–H groups in total. The molecule has 190 valence electrons. The van der Waals surface area contributed by atoms with Crippen molar-refractivity contribution in [2.75, 3.05) is 13.1 Å². The molecule has 1 atom stereocenters. The molecule has 0 saturated carbocycles. The highest BCUT2D eigenvalue weighted by Crippen LogP contribution is 2.40. The Morgan fingerprint density at radius 3 is 2.30 bits per heavy atom. The van der Waals surface area contributed by atoms with Crippen molar-refractivity contribution >= 4 is 27.5 Å². The molecule has 3 heterocycles. The molecule has 3 aromatic rings. The molecule has 37 heavy (non-hydrogen) atoms. The Labute approximate surface area is 213 Å². The van der Waals surface area contributed by atoms with Crippen molar-refractivity contribution in [2.24, 2.45) is 0 Å². The Morgan fingerprint density at radius 2 is 1.68 bits per heavy atom. The number of sulfonamides is 1. The van der Waals surface area contributed by atoms with Crippen molar-refractivity contribution in [1.29, 1.82) is 0 Å². The lowest BCUT2D eigenvalue weighted by Gasteiger charge is -2.25. The summed E-state index contributed by atoms with van der Waals surface area (Å²) in [6, 6.07) is 13.4. The van der Waals surface area contributed by atoms with E-state index in [4.69, 9.17) is 0 Å². The van der Waals surface area contributed by atoms with Crippen LogP contribution in [0.1, 0.15) is 35.6 Å². The van der Waals surface area contributed by atoms with Gasteiger partial charge in [0.05, 0.1) is 16.5 Å². The summed E-state index contributed by atoms with van der Waals surface area (Å²) in [4.78, 5) is 31.7. The molecule has 0 bridgehead atoms. The standard InChI is InChI=1S/C27H24FN3O5S/c28-21-9-5-19(6-10-21)24-23(26(33)27(34)31(24)17-18-4-3-13-29-16-18)25(32)20-7-11-22(12-8-20)37(35,36)30-14-1-2-15-30/h3-13,16,24,32H,1-2,14-15,17H2/b25-23-. The number of halogens is 1. The molecule has 5 rings (SSSR count). The highest BCUT2D eigenvalue weighted by Gasteiger charge is 2.46. The van der Waals surface area contributed by atoms with Crippen LogP contribution in [0.4, 0.5) is 4.39 Å². The van der Waals surface area contributed by atoms with E-state index in [9.17, 15) is 27.5 Å². The van der Waals surface area contributed by atoms with Crippen LogP contribution in [-0.2, 0) is 26.2 Å². The minimum absolute atomic E-state index is 0.0459. The first kappa shape index (κ1) is 24.8. The van der Waals surface area contributed by atoms with Gasteiger partial charge in [0.25, 0.3) is 11.7 Å². The van der Waals surface area contributed by atoms with Crippen LogP contribution < -0.4 is 0 Å². The third kappa shape index (κ3) is 4.65. The number of rotatable bonds is 6. The van der Waals surface area contributed by atoms with Gasteiger partial charge in [0, 0.05) is 37.6 Å². The zero-order valence-electron chi connectivity index (χ0n) is 19.7. The number of hydrogen-bond acceptors (Lipinski definition) is 6. The number of likely N-dealkylation sites (tertiary alicyclic amines) is 1. The minimum atomic E-state index is -3.66. The smallest absolute Gasteiger partial charge is 0.295 e. The number of hydrogen-bond donors (Lipinski definition) is 1. The van der Waals surface area contributed by atoms with Crippen LogP contribution in [0, 0.1) is 5.82 Å². The lowest BCUT2D eigenvalue weighted by Crippen LogP contribution is -2.29. The number of carbonyl (C=O) groups is 2. The van der Waals surface area contributed by atoms with E-state index in [-0.39, 0.29) is 22.6 Å². The molecule has 0 aliphatic carbocycles. The fraction of sp³-hybridized carbons (Fsp3) is 0.222. The number of amides is 1. The van der Waals surface area contributed by atoms with Crippen LogP contribution >= 0.6 is 0 Å². The second-order valence-electron chi connectivity index (χ2n) is 8.98. The van der Waals surface area contributed by atoms with E-state index < -0.39 is 39.3 Å². The quantitative estimate of drug-likeness (QED) is 0.302. The zero-order valence-corrected chi connectivity index (χ0v) is 20.6. The van der Waals surface area contributed by atoms with Gasteiger partial charge in [-0.3, -0.25) is 14.6 Å². The second kappa shape index (κ2) is 9.87. The van der Waals surface area contributed by atoms with Crippen LogP contribution in [0.2, 0.25) is 0 Å². The molecule has 2 aromatic carbocycles. The number of nitrogens with zero attached hydrogens (tertiary/aromatic N) is 3. The van der Waals surface area contributed by atoms with Crippen molar-refractivity contribution < 1.29 is 27.5 Å². The molecule has 1 aromatic heterocycles. The lowest BCUT2D eigenvalue weighted by molar-refractivity contribution is -0.140. The number of Topliss-reactive ketones (excluding diaryl/α,β-unsaturated/α-hetero) is 1. The predicted molar refractivity (Wildman–Crippen MR) is 133 cm³/mol. The summed E-state index contributed by atoms with van der Waals surface area (Å²) in [5.41, 5.74) is 1.15. The van der Waals surface area contributed by atoms with Crippen LogP contribution in [0.3, 0.4) is 0 Å². The van der Waals surface area contributed by atoms with E-state index in [0.717, 1.165) is 12.8 Å². The number of aliphatic hydroxyl groups excluding tert-OH is 1. The summed E-state index contributed by atoms with van der Waals surface area (Å²) in [7, 11) is -3.66. The Hall–Kier alpha value is -3.89. The highest BCUT2D eigenvalue weighted by atomic mass is 32.2. The van der Waals surface area contributed by atoms with Gasteiger partial charge in [-0.1, -0.05) is 18.2 Å². The van der Waals surface area contributed by atoms with E-state index in [1.807, 2.05) is 0 Å². The fourth-order valence-corrected chi connectivity index (χ4v) is 6.26. The average Bonchev–Trinajstić information content (AvgIpc) is 3.54. The average molecular weight is 522 g/mol. The molecular formula is C27H24FN3O5S. The van der Waals surface area contributed by atoms with Crippen LogP contribution in [0.15, 0.2) is 83.5 Å². The Morgan fingerprint density at radius 1 is 1.00 bits per heavy atom. The lowest BCUT2D eigenvalue weighted by atomic mass is 9.95. The number of aliphatic hydroxyl groups is 1. The molecule has 2 saturated heterocycles. The Bertz CT molecular complexity index is 1470. The van der Waals surface area contributed by atoms with Gasteiger partial charge in [0.1, 0.15) is 11.6 Å². The maximum atomic E-state index is 13.7. The molecule has 2 aliphatic rings. The Balaban J connectivity index is 1.56. The summed E-state index contributed by atoms with van der Waals surface area (Å²) in [6.07, 6.45) is 4.77. The summed E-state index contributed by atoms with van der Waals surface area (Å²) < 4.78 is 40.8. The van der Waals surface area contributed by atoms with Crippen LogP contribution in [0.25, 0.3) is 5.76 Å². The van der Waals surface area contributed by atoms with Gasteiger partial charge in [-0.2, -0.15) is 4.31 Å². The number of pyridine rings is 1. The summed E-state index contributed by atoms with van der Waals surface area (Å²) in [5.74, 6) is -2.62. The molecule has 2 aliphatic heterocycles. The molecule has 2 fully saturated rings. The third-order valence-corrected chi connectivity index (χ3v) is 8.54. The van der Waals surface area contributed by atoms with E-state index in [2.05, 4.69) is 4.98 Å². The van der Waals surface area contributed by atoms with Crippen molar-refractivity contribution in [1.82, 2.24) is 14.2 Å². The van der Waals surface area contributed by atoms with Crippen molar-refractivity contribution in [3.05, 3.63) is 101 Å². The van der Waals surface area contributed by atoms with E-state index in [1.165, 1.54) is 57.7 Å². The maximum Gasteiger partial charge on any atom is 0.295 e. The molecule has 1 amide bonds. The van der Waals surface area contributed by atoms with E-state index >= 15 is 0 Å². The van der Waals surface area contributed by atoms with Gasteiger partial charge in [-0.15, -0.1) is 0 Å². The van der Waals surface area contributed by atoms with E-state index in [0.29, 0.717) is 24.2 Å². The third-order valence-electron chi connectivity index (χ3n) is 6.63. The van der Waals surface area contributed by atoms with Crippen LogP contribution in [-0.4, -0.2) is 52.5 Å². The first-order valence-electron chi connectivity index (χ1n) is 11.8. The molecule has 8 nitrogen and oxygen atoms in total. The second-order valence-corrected chi connectivity index (χ2v) is 10.9. The zero-order chi connectivity index (χ0) is 26.2. The maximum absolute atomic E-state index is 13.7. The molecule has 10 heteroatoms. The molecular weight excluding hydrogens is 497 g/mol. The highest BCUT2D eigenvalue weighted by molar-refractivity contribution is 7.89. The normalized spacial score (nSPS) is 20.0. The van der Waals surface area contributed by atoms with Gasteiger partial charge in [0.15, 0.2) is 0 Å². The number of ketones is 1. The number of benzene rings is 2. The SMILES string of the molecule is O=C1C(=O)N(Cc2cccnc2)C(c2ccc(F)cc2)/C1=C(/O)c1ccc(S(=O)(=O)N2CCCC2)cc1. The summed E-state index contributed by atoms with van der Waals surface area (Å²) in [6.45, 7) is 0.967. The first-order valence-corrected chi connectivity index (χ1v) is 13.2. The summed E-state index contributed by atoms with van der Waals surface area (Å²) in [5, 5.41) is 11.2. The van der Waals surface area contributed by atoms with Gasteiger partial charge in [-0.05, 0) is 66.4 Å². The van der Waals surface area contributed by atoms with Crippen molar-refractivity contribution in [3.63, 3.8) is 0 Å². The monoisotopic (exact) mass is 521 g/mol. The predicted octanol–water partition coefficient (Wildman–Crippen LogP) is 3.63. The molecule has 1 unspecified atom stereocenters. The largest absolute Gasteiger partial charge is 0.507 e. The topological polar surface area (TPSA) is 108 Å². The van der Waals surface area contributed by atoms with Crippen molar-refractivity contribution in [3.8, 4) is 0 Å². The number of carbonyl (C=O) groups excluding carboxylic acids is 2. The Kier molecular flexibility index (Phi) is 6.61. The summed E-state index contributed by atoms with van der Waals surface area (Å²) >= 11 is 0. The first-order chi connectivity index (χ1) is 17.8. The van der Waals surface area contributed by atoms with E-state index in [1.54, 1.807) is 24.5 Å². The number of aromatic nitrogens is 1. The van der Waals surface area contributed by atoms with Gasteiger partial charge >= 0.3 is 0 Å². The van der Waals surface area contributed by atoms with Gasteiger partial charge in [0.2, 0.25) is 10.0 Å². The van der Waals surface area contributed by atoms with Gasteiger partial charge in [-0.25, -0.2) is 12.8 Å². The minimum Gasteiger partial charge on any atom is -0.507 e. The fourth-order valence-electron chi connectivity index (χ4n) is 4.74.